The molecule has 2 saturated heterocycles. The summed E-state index contributed by atoms with van der Waals surface area (Å²) in [6.07, 6.45) is -2.63. The molecule has 7 atom stereocenters. The largest absolute Gasteiger partial charge is 0.394 e. The number of aromatic nitrogens is 7. The summed E-state index contributed by atoms with van der Waals surface area (Å²) in [7, 11) is -3.76. The van der Waals surface area contributed by atoms with Gasteiger partial charge in [-0.15, -0.1) is 0 Å². The van der Waals surface area contributed by atoms with Crippen molar-refractivity contribution in [3.05, 3.63) is 33.5 Å². The molecule has 2 fully saturated rings. The summed E-state index contributed by atoms with van der Waals surface area (Å²) in [5, 5.41) is 20.2. The van der Waals surface area contributed by atoms with Gasteiger partial charge in [-0.05, 0) is 0 Å². The van der Waals surface area contributed by atoms with Gasteiger partial charge in [-0.2, -0.15) is 9.97 Å². The highest BCUT2D eigenvalue weighted by Gasteiger charge is 2.42. The molecule has 3 aromatic heterocycles. The zero-order chi connectivity index (χ0) is 27.2. The number of nitrogen functional groups attached to an aromatic ring is 2. The highest BCUT2D eigenvalue weighted by Crippen LogP contribution is 2.49. The minimum Gasteiger partial charge on any atom is -0.394 e. The van der Waals surface area contributed by atoms with Crippen LogP contribution in [0.25, 0.3) is 11.2 Å². The summed E-state index contributed by atoms with van der Waals surface area (Å²) >= 11 is 0. The number of hydrogen-bond acceptors (Lipinski definition) is 15. The first-order valence-corrected chi connectivity index (χ1v) is 13.5. The minimum absolute atomic E-state index is 0.0488. The van der Waals surface area contributed by atoms with Crippen LogP contribution in [-0.4, -0.2) is 88.6 Å². The maximum Gasteiger partial charge on any atom is 0.354 e. The Morgan fingerprint density at radius 1 is 1.13 bits per heavy atom. The molecular weight excluding hydrogens is 529 g/mol. The Morgan fingerprint density at radius 3 is 2.58 bits per heavy atom. The van der Waals surface area contributed by atoms with E-state index >= 15 is 0 Å². The van der Waals surface area contributed by atoms with Crippen molar-refractivity contribution in [1.82, 2.24) is 34.1 Å². The van der Waals surface area contributed by atoms with Crippen LogP contribution in [0.2, 0.25) is 0 Å². The van der Waals surface area contributed by atoms with Crippen molar-refractivity contribution in [3.8, 4) is 0 Å². The van der Waals surface area contributed by atoms with E-state index in [1.807, 2.05) is 0 Å². The average Bonchev–Trinajstić information content (AvgIpc) is 3.54. The number of anilines is 2. The number of ether oxygens (including phenoxy) is 2. The van der Waals surface area contributed by atoms with E-state index in [1.165, 1.54) is 17.6 Å². The molecule has 19 heteroatoms. The Balaban J connectivity index is 1.22. The van der Waals surface area contributed by atoms with Crippen LogP contribution in [0, 0.1) is 0 Å². The Bertz CT molecular complexity index is 1490. The smallest absolute Gasteiger partial charge is 0.354 e. The van der Waals surface area contributed by atoms with Crippen LogP contribution < -0.4 is 22.7 Å². The highest BCUT2D eigenvalue weighted by molar-refractivity contribution is 7.53. The molecule has 3 unspecified atom stereocenters. The Morgan fingerprint density at radius 2 is 1.84 bits per heavy atom. The average molecular weight is 555 g/mol. The number of imidazole rings is 1. The lowest BCUT2D eigenvalue weighted by Crippen LogP contribution is -2.29. The van der Waals surface area contributed by atoms with E-state index in [2.05, 4.69) is 24.9 Å². The molecule has 2 aliphatic heterocycles. The van der Waals surface area contributed by atoms with E-state index in [1.54, 1.807) is 0 Å². The third kappa shape index (κ3) is 5.19. The summed E-state index contributed by atoms with van der Waals surface area (Å²) in [6, 6.07) is 0. The van der Waals surface area contributed by atoms with Crippen molar-refractivity contribution < 1.29 is 33.3 Å². The third-order valence-corrected chi connectivity index (χ3v) is 7.45. The fraction of sp³-hybridized carbons (Fsp3) is 0.579. The Kier molecular flexibility index (Phi) is 7.03. The predicted molar refractivity (Wildman–Crippen MR) is 128 cm³/mol. The second-order valence-electron chi connectivity index (χ2n) is 8.87. The van der Waals surface area contributed by atoms with Crippen LogP contribution in [0.4, 0.5) is 11.9 Å². The first kappa shape index (κ1) is 26.4. The number of hydrogen-bond donors (Lipinski definition) is 5. The predicted octanol–water partition coefficient (Wildman–Crippen LogP) is -1.91. The van der Waals surface area contributed by atoms with E-state index in [0.717, 1.165) is 10.9 Å². The van der Waals surface area contributed by atoms with Gasteiger partial charge in [-0.3, -0.25) is 23.5 Å². The maximum absolute atomic E-state index is 13.1. The number of H-pyrrole nitrogens is 1. The minimum atomic E-state index is -3.76. The van der Waals surface area contributed by atoms with Gasteiger partial charge >= 0.3 is 13.3 Å². The number of nitrogens with one attached hydrogen (secondary N) is 1. The second-order valence-corrected chi connectivity index (χ2v) is 10.9. The van der Waals surface area contributed by atoms with Crippen LogP contribution in [0.1, 0.15) is 25.3 Å². The van der Waals surface area contributed by atoms with Crippen LogP contribution in [0.15, 0.2) is 22.2 Å². The van der Waals surface area contributed by atoms with Crippen molar-refractivity contribution >= 4 is 30.7 Å². The quantitative estimate of drug-likeness (QED) is 0.190. The number of fused-ring (bicyclic) bond motifs is 1. The Labute approximate surface area is 213 Å². The van der Waals surface area contributed by atoms with Crippen molar-refractivity contribution in [2.24, 2.45) is 0 Å². The zero-order valence-electron chi connectivity index (χ0n) is 20.0. The van der Waals surface area contributed by atoms with Gasteiger partial charge in [-0.1, -0.05) is 0 Å². The number of aliphatic hydroxyl groups is 2. The van der Waals surface area contributed by atoms with E-state index in [-0.39, 0.29) is 42.5 Å². The molecule has 3 aromatic rings. The molecule has 5 rings (SSSR count). The first-order valence-electron chi connectivity index (χ1n) is 11.5. The molecule has 38 heavy (non-hydrogen) atoms. The molecule has 206 valence electrons. The van der Waals surface area contributed by atoms with Gasteiger partial charge in [-0.25, -0.2) is 14.8 Å². The molecule has 0 radical (unpaired) electrons. The maximum atomic E-state index is 13.1. The molecule has 5 heterocycles. The van der Waals surface area contributed by atoms with E-state index in [4.69, 9.17) is 30.0 Å². The lowest BCUT2D eigenvalue weighted by molar-refractivity contribution is -0.0511. The van der Waals surface area contributed by atoms with Crippen LogP contribution in [0.5, 0.6) is 0 Å². The monoisotopic (exact) mass is 555 g/mol. The SMILES string of the molecule is CP(=O)(OCC1O[C@@H](n2cnc3c(=O)[nH]c(N)nc32)CC1O)O[C@@H]1C[C@H](n2cnc(N)nc2=O)O[C@@H]1CO. The molecule has 0 bridgehead atoms. The van der Waals surface area contributed by atoms with Gasteiger partial charge in [0.1, 0.15) is 31.0 Å². The topological polar surface area (TPSA) is 258 Å². The van der Waals surface area contributed by atoms with E-state index in [0.29, 0.717) is 0 Å². The van der Waals surface area contributed by atoms with E-state index in [9.17, 15) is 24.4 Å². The van der Waals surface area contributed by atoms with Crippen LogP contribution >= 0.6 is 7.60 Å². The third-order valence-electron chi connectivity index (χ3n) is 6.18. The molecule has 0 spiro atoms. The Hall–Kier alpha value is -3.25. The molecule has 0 aliphatic carbocycles. The summed E-state index contributed by atoms with van der Waals surface area (Å²) in [4.78, 5) is 41.9. The first-order chi connectivity index (χ1) is 18.0. The molecule has 0 amide bonds. The zero-order valence-corrected chi connectivity index (χ0v) is 20.9. The summed E-state index contributed by atoms with van der Waals surface area (Å²) in [6.45, 7) is 0.465. The molecular formula is C19H26N9O9P. The summed E-state index contributed by atoms with van der Waals surface area (Å²) < 4.78 is 38.3. The van der Waals surface area contributed by atoms with Crippen molar-refractivity contribution in [2.75, 3.05) is 31.3 Å². The van der Waals surface area contributed by atoms with Gasteiger partial charge in [0, 0.05) is 19.5 Å². The normalized spacial score (nSPS) is 29.1. The molecule has 2 aliphatic rings. The van der Waals surface area contributed by atoms with Crippen molar-refractivity contribution in [3.63, 3.8) is 0 Å². The van der Waals surface area contributed by atoms with E-state index < -0.39 is 62.3 Å². The molecule has 7 N–H and O–H groups in total. The molecule has 0 saturated carbocycles. The number of aromatic amines is 1. The van der Waals surface area contributed by atoms with Gasteiger partial charge in [0.2, 0.25) is 11.9 Å². The number of rotatable bonds is 8. The van der Waals surface area contributed by atoms with Crippen LogP contribution in [0.3, 0.4) is 0 Å². The van der Waals surface area contributed by atoms with Crippen molar-refractivity contribution in [1.29, 1.82) is 0 Å². The fourth-order valence-electron chi connectivity index (χ4n) is 4.37. The lowest BCUT2D eigenvalue weighted by Gasteiger charge is -2.23. The summed E-state index contributed by atoms with van der Waals surface area (Å²) in [5.41, 5.74) is 10.1. The molecule has 18 nitrogen and oxygen atoms in total. The lowest BCUT2D eigenvalue weighted by atomic mass is 10.2. The van der Waals surface area contributed by atoms with Gasteiger partial charge in [0.05, 0.1) is 31.7 Å². The second kappa shape index (κ2) is 10.1. The number of aliphatic hydroxyl groups excluding tert-OH is 2. The van der Waals surface area contributed by atoms with Crippen molar-refractivity contribution in [2.45, 2.75) is 49.7 Å². The fourth-order valence-corrected chi connectivity index (χ4v) is 5.57. The number of nitrogens with zero attached hydrogens (tertiary/aromatic N) is 6. The van der Waals surface area contributed by atoms with Gasteiger partial charge in [0.15, 0.2) is 11.2 Å². The van der Waals surface area contributed by atoms with Gasteiger partial charge < -0.3 is 40.2 Å². The summed E-state index contributed by atoms with van der Waals surface area (Å²) in [5.74, 6) is -0.295. The standard InChI is InChI=1S/C19H26N9O9P/c1-38(33,37-9-3-13(35-10(9)4-29)28-7-23-17(20)26-19(28)32)34-5-11-8(30)2-12(36-11)27-6-22-14-15(27)24-18(21)25-16(14)31/h6-13,29-30H,2-5H2,1H3,(H2,20,26,32)(H3,21,24,25,31)/t8?,9-,10-,11?,12-,13-,38?/m1/s1. The number of nitrogens with two attached hydrogens (primary N) is 2. The molecule has 0 aromatic carbocycles. The highest BCUT2D eigenvalue weighted by atomic mass is 31.2. The van der Waals surface area contributed by atoms with Gasteiger partial charge in [0.25, 0.3) is 5.56 Å². The van der Waals surface area contributed by atoms with Crippen LogP contribution in [-0.2, 0) is 23.1 Å².